The topological polar surface area (TPSA) is 124 Å². The molecule has 0 aromatic heterocycles. The third-order valence-corrected chi connectivity index (χ3v) is 7.06. The van der Waals surface area contributed by atoms with Gasteiger partial charge >= 0.3 is 18.1 Å². The van der Waals surface area contributed by atoms with E-state index in [4.69, 9.17) is 21.5 Å². The van der Waals surface area contributed by atoms with Gasteiger partial charge in [0.1, 0.15) is 4.90 Å². The number of carboxylic acid groups (broad SMARTS) is 2. The first-order chi connectivity index (χ1) is 18.3. The lowest BCUT2D eigenvalue weighted by Crippen LogP contribution is -2.26. The summed E-state index contributed by atoms with van der Waals surface area (Å²) in [5.41, 5.74) is 1.84. The quantitative estimate of drug-likeness (QED) is 0.255. The van der Waals surface area contributed by atoms with E-state index < -0.39 is 28.1 Å². The average molecular weight is 587 g/mol. The van der Waals surface area contributed by atoms with Crippen molar-refractivity contribution in [1.29, 1.82) is 0 Å². The van der Waals surface area contributed by atoms with Crippen LogP contribution in [0.25, 0.3) is 0 Å². The number of anilines is 2. The fourth-order valence-electron chi connectivity index (χ4n) is 3.33. The van der Waals surface area contributed by atoms with Crippen molar-refractivity contribution in [1.82, 2.24) is 0 Å². The van der Waals surface area contributed by atoms with E-state index in [-0.39, 0.29) is 21.2 Å². The van der Waals surface area contributed by atoms with Crippen molar-refractivity contribution < 1.29 is 41.4 Å². The number of hydrogen-bond acceptors (Lipinski definition) is 5. The Hall–Kier alpha value is -3.77. The van der Waals surface area contributed by atoms with E-state index in [9.17, 15) is 31.5 Å². The Morgan fingerprint density at radius 2 is 1.56 bits per heavy atom. The number of sulfonamides is 1. The van der Waals surface area contributed by atoms with E-state index in [0.717, 1.165) is 18.4 Å². The minimum absolute atomic E-state index is 0.0132. The van der Waals surface area contributed by atoms with Gasteiger partial charge < -0.3 is 15.1 Å². The smallest absolute Gasteiger partial charge is 0.478 e. The molecule has 210 valence electrons. The van der Waals surface area contributed by atoms with Crippen LogP contribution >= 0.6 is 11.6 Å². The van der Waals surface area contributed by atoms with Gasteiger partial charge in [0.05, 0.1) is 22.0 Å². The van der Waals surface area contributed by atoms with Crippen LogP contribution < -0.4 is 9.62 Å². The second-order valence-electron chi connectivity index (χ2n) is 8.14. The van der Waals surface area contributed by atoms with Crippen LogP contribution in [0.3, 0.4) is 0 Å². The van der Waals surface area contributed by atoms with Crippen molar-refractivity contribution in [2.75, 3.05) is 16.2 Å². The standard InChI is InChI=1S/C24H25ClN2O4S.C2HF3O2/c1-2-3-15-27(17-18-9-5-4-6-10-18)22-14-13-19(24(28)29)16-21(22)26-32(30,31)23-12-8-7-11-20(23)25;3-2(4,5)1(6)7/h4-14,16,26H,2-3,15,17H2,1H3,(H,28,29);(H,6,7). The van der Waals surface area contributed by atoms with Gasteiger partial charge in [-0.25, -0.2) is 18.0 Å². The van der Waals surface area contributed by atoms with Gasteiger partial charge in [-0.15, -0.1) is 0 Å². The van der Waals surface area contributed by atoms with Gasteiger partial charge in [-0.3, -0.25) is 4.72 Å². The zero-order valence-electron chi connectivity index (χ0n) is 20.7. The molecule has 0 spiro atoms. The van der Waals surface area contributed by atoms with Crippen LogP contribution in [0.2, 0.25) is 5.02 Å². The minimum atomic E-state index is -5.08. The molecule has 39 heavy (non-hydrogen) atoms. The molecule has 8 nitrogen and oxygen atoms in total. The maximum atomic E-state index is 13.1. The van der Waals surface area contributed by atoms with Gasteiger partial charge in [-0.1, -0.05) is 67.4 Å². The van der Waals surface area contributed by atoms with E-state index in [1.54, 1.807) is 18.2 Å². The molecular formula is C26H26ClF3N2O6S. The van der Waals surface area contributed by atoms with Gasteiger partial charge in [-0.05, 0) is 42.3 Å². The summed E-state index contributed by atoms with van der Waals surface area (Å²) in [6.07, 6.45) is -3.23. The highest BCUT2D eigenvalue weighted by molar-refractivity contribution is 7.92. The molecular weight excluding hydrogens is 561 g/mol. The number of hydrogen-bond donors (Lipinski definition) is 3. The monoisotopic (exact) mass is 586 g/mol. The summed E-state index contributed by atoms with van der Waals surface area (Å²) in [5, 5.41) is 16.7. The number of halogens is 4. The molecule has 0 aliphatic rings. The lowest BCUT2D eigenvalue weighted by molar-refractivity contribution is -0.192. The molecule has 3 aromatic rings. The molecule has 0 aliphatic carbocycles. The Morgan fingerprint density at radius 3 is 2.10 bits per heavy atom. The van der Waals surface area contributed by atoms with Crippen molar-refractivity contribution in [2.45, 2.75) is 37.4 Å². The van der Waals surface area contributed by atoms with Gasteiger partial charge in [0.2, 0.25) is 0 Å². The third-order valence-electron chi connectivity index (χ3n) is 5.20. The summed E-state index contributed by atoms with van der Waals surface area (Å²) in [6.45, 7) is 3.31. The number of benzene rings is 3. The Labute approximate surface area is 228 Å². The van der Waals surface area contributed by atoms with Crippen molar-refractivity contribution in [3.63, 3.8) is 0 Å². The van der Waals surface area contributed by atoms with Crippen LogP contribution in [0, 0.1) is 0 Å². The fourth-order valence-corrected chi connectivity index (χ4v) is 4.91. The van der Waals surface area contributed by atoms with Crippen LogP contribution in [-0.2, 0) is 21.4 Å². The Bertz CT molecular complexity index is 1390. The molecule has 0 aliphatic heterocycles. The lowest BCUT2D eigenvalue weighted by atomic mass is 10.1. The summed E-state index contributed by atoms with van der Waals surface area (Å²) >= 11 is 6.11. The molecule has 0 unspecified atom stereocenters. The maximum absolute atomic E-state index is 13.1. The summed E-state index contributed by atoms with van der Waals surface area (Å²) in [6, 6.07) is 20.4. The molecule has 0 amide bonds. The molecule has 13 heteroatoms. The average Bonchev–Trinajstić information content (AvgIpc) is 2.87. The summed E-state index contributed by atoms with van der Waals surface area (Å²) < 4.78 is 60.5. The van der Waals surface area contributed by atoms with Gasteiger partial charge in [0.25, 0.3) is 10.0 Å². The van der Waals surface area contributed by atoms with Crippen molar-refractivity contribution in [3.8, 4) is 0 Å². The second kappa shape index (κ2) is 13.9. The van der Waals surface area contributed by atoms with Crippen LogP contribution in [0.15, 0.2) is 77.7 Å². The summed E-state index contributed by atoms with van der Waals surface area (Å²) in [5.74, 6) is -3.90. The van der Waals surface area contributed by atoms with Gasteiger partial charge in [0, 0.05) is 13.1 Å². The molecule has 0 saturated heterocycles. The van der Waals surface area contributed by atoms with Crippen LogP contribution in [0.4, 0.5) is 24.5 Å². The van der Waals surface area contributed by atoms with Crippen molar-refractivity contribution in [2.24, 2.45) is 0 Å². The van der Waals surface area contributed by atoms with Gasteiger partial charge in [-0.2, -0.15) is 13.2 Å². The number of aromatic carboxylic acids is 1. The predicted molar refractivity (Wildman–Crippen MR) is 142 cm³/mol. The van der Waals surface area contributed by atoms with E-state index in [0.29, 0.717) is 18.8 Å². The number of unbranched alkanes of at least 4 members (excludes halogenated alkanes) is 1. The van der Waals surface area contributed by atoms with E-state index in [2.05, 4.69) is 16.5 Å². The Morgan fingerprint density at radius 1 is 0.974 bits per heavy atom. The number of carboxylic acids is 2. The first kappa shape index (κ1) is 31.4. The zero-order valence-corrected chi connectivity index (χ0v) is 22.2. The highest BCUT2D eigenvalue weighted by Gasteiger charge is 2.38. The van der Waals surface area contributed by atoms with Gasteiger partial charge in [0.15, 0.2) is 0 Å². The Balaban J connectivity index is 0.000000673. The fraction of sp³-hybridized carbons (Fsp3) is 0.231. The summed E-state index contributed by atoms with van der Waals surface area (Å²) in [7, 11) is -4.04. The largest absolute Gasteiger partial charge is 0.490 e. The van der Waals surface area contributed by atoms with Crippen molar-refractivity contribution >= 4 is 44.9 Å². The van der Waals surface area contributed by atoms with E-state index >= 15 is 0 Å². The molecule has 0 fully saturated rings. The third kappa shape index (κ3) is 9.48. The van der Waals surface area contributed by atoms with E-state index in [1.165, 1.54) is 24.3 Å². The maximum Gasteiger partial charge on any atom is 0.490 e. The SMILES string of the molecule is CCCCN(Cc1ccccc1)c1ccc(C(=O)O)cc1NS(=O)(=O)c1ccccc1Cl.O=C(O)C(F)(F)F. The number of nitrogens with one attached hydrogen (secondary N) is 1. The predicted octanol–water partition coefficient (Wildman–Crippen LogP) is 6.28. The molecule has 0 bridgehead atoms. The zero-order chi connectivity index (χ0) is 29.2. The molecule has 0 saturated carbocycles. The number of nitrogens with zero attached hydrogens (tertiary/aromatic N) is 1. The minimum Gasteiger partial charge on any atom is -0.478 e. The molecule has 0 radical (unpaired) electrons. The molecule has 0 heterocycles. The summed E-state index contributed by atoms with van der Waals surface area (Å²) in [4.78, 5) is 22.4. The number of alkyl halides is 3. The number of rotatable bonds is 10. The highest BCUT2D eigenvalue weighted by Crippen LogP contribution is 2.32. The first-order valence-electron chi connectivity index (χ1n) is 11.5. The normalized spacial score (nSPS) is 11.2. The van der Waals surface area contributed by atoms with Crippen molar-refractivity contribution in [3.05, 3.63) is 88.9 Å². The first-order valence-corrected chi connectivity index (χ1v) is 13.4. The molecule has 0 atom stereocenters. The number of carbonyl (C=O) groups is 2. The molecule has 3 rings (SSSR count). The molecule has 3 N–H and O–H groups in total. The van der Waals surface area contributed by atoms with Crippen LogP contribution in [0.1, 0.15) is 35.7 Å². The Kier molecular flexibility index (Phi) is 11.2. The second-order valence-corrected chi connectivity index (χ2v) is 10.2. The van der Waals surface area contributed by atoms with Crippen LogP contribution in [0.5, 0.6) is 0 Å². The lowest BCUT2D eigenvalue weighted by Gasteiger charge is -2.28. The highest BCUT2D eigenvalue weighted by atomic mass is 35.5. The molecule has 3 aromatic carbocycles. The number of aliphatic carboxylic acids is 1. The van der Waals surface area contributed by atoms with E-state index in [1.807, 2.05) is 30.3 Å². The van der Waals surface area contributed by atoms with Crippen LogP contribution in [-0.4, -0.2) is 43.3 Å².